The van der Waals surface area contributed by atoms with Crippen molar-refractivity contribution in [2.24, 2.45) is 5.92 Å². The molecule has 0 fully saturated rings. The molecule has 1 atom stereocenters. The van der Waals surface area contributed by atoms with Crippen LogP contribution in [0.4, 0.5) is 0 Å². The number of aromatic nitrogens is 1. The average Bonchev–Trinajstić information content (AvgIpc) is 3.60. The van der Waals surface area contributed by atoms with Crippen molar-refractivity contribution in [3.05, 3.63) is 75.5 Å². The zero-order valence-electron chi connectivity index (χ0n) is 25.8. The van der Waals surface area contributed by atoms with E-state index in [1.807, 2.05) is 45.4 Å². The number of benzene rings is 1. The van der Waals surface area contributed by atoms with Crippen molar-refractivity contribution in [3.63, 3.8) is 0 Å². The molecule has 218 valence electrons. The van der Waals surface area contributed by atoms with Gasteiger partial charge in [0, 0.05) is 47.7 Å². The maximum absolute atomic E-state index is 9.13. The van der Waals surface area contributed by atoms with Gasteiger partial charge in [-0.05, 0) is 95.7 Å². The molecule has 0 spiro atoms. The Hall–Kier alpha value is -2.65. The third kappa shape index (κ3) is 10.7. The fraction of sp³-hybridized carbons (Fsp3) is 0.514. The predicted octanol–water partition coefficient (Wildman–Crippen LogP) is 8.69. The molecule has 0 saturated heterocycles. The summed E-state index contributed by atoms with van der Waals surface area (Å²) in [4.78, 5) is 8.26. The highest BCUT2D eigenvalue weighted by Gasteiger charge is 2.26. The van der Waals surface area contributed by atoms with Crippen LogP contribution in [0.3, 0.4) is 0 Å². The van der Waals surface area contributed by atoms with Gasteiger partial charge in [-0.15, -0.1) is 17.3 Å². The van der Waals surface area contributed by atoms with Gasteiger partial charge in [0.15, 0.2) is 0 Å². The normalized spacial score (nSPS) is 16.1. The fourth-order valence-corrected chi connectivity index (χ4v) is 6.05. The summed E-state index contributed by atoms with van der Waals surface area (Å²) in [6.07, 6.45) is 16.4. The van der Waals surface area contributed by atoms with Crippen LogP contribution < -0.4 is 0 Å². The average molecular weight is 563 g/mol. The molecule has 1 aromatic heterocycles. The minimum Gasteiger partial charge on any atom is -0.513 e. The van der Waals surface area contributed by atoms with Gasteiger partial charge in [-0.3, -0.25) is 0 Å². The first kappa shape index (κ1) is 33.6. The minimum absolute atomic E-state index is 0.250. The van der Waals surface area contributed by atoms with Crippen LogP contribution in [0.1, 0.15) is 95.1 Å². The summed E-state index contributed by atoms with van der Waals surface area (Å²) in [6.45, 7) is 11.3. The zero-order valence-corrected chi connectivity index (χ0v) is 26.6. The van der Waals surface area contributed by atoms with Crippen molar-refractivity contribution in [3.8, 4) is 22.4 Å². The Morgan fingerprint density at radius 3 is 2.62 bits per heavy atom. The Morgan fingerprint density at radius 2 is 1.98 bits per heavy atom. The second-order valence-corrected chi connectivity index (χ2v) is 12.0. The molecule has 0 amide bonds. The van der Waals surface area contributed by atoms with Crippen molar-refractivity contribution in [2.75, 3.05) is 27.2 Å². The van der Waals surface area contributed by atoms with Crippen molar-refractivity contribution in [2.45, 2.75) is 85.5 Å². The van der Waals surface area contributed by atoms with Crippen LogP contribution in [0.25, 0.3) is 10.6 Å². The summed E-state index contributed by atoms with van der Waals surface area (Å²) in [7, 11) is 4.00. The van der Waals surface area contributed by atoms with Crippen LogP contribution in [-0.2, 0) is 6.42 Å². The largest absolute Gasteiger partial charge is 0.513 e. The van der Waals surface area contributed by atoms with Crippen LogP contribution in [0.2, 0.25) is 0 Å². The lowest BCUT2D eigenvalue weighted by molar-refractivity contribution is 0.318. The van der Waals surface area contributed by atoms with E-state index in [9.17, 15) is 0 Å². The number of aliphatic hydroxyl groups excluding tert-OH is 2. The molecule has 0 bridgehead atoms. The highest BCUT2D eigenvalue weighted by Crippen LogP contribution is 2.45. The van der Waals surface area contributed by atoms with Gasteiger partial charge in [-0.2, -0.15) is 0 Å². The molecule has 40 heavy (non-hydrogen) atoms. The van der Waals surface area contributed by atoms with Gasteiger partial charge >= 0.3 is 0 Å². The number of hydrogen-bond acceptors (Lipinski definition) is 5. The van der Waals surface area contributed by atoms with E-state index in [1.54, 1.807) is 18.1 Å². The van der Waals surface area contributed by atoms with E-state index in [1.165, 1.54) is 35.3 Å². The third-order valence-corrected chi connectivity index (χ3v) is 7.94. The van der Waals surface area contributed by atoms with Gasteiger partial charge in [0.05, 0.1) is 5.76 Å². The first-order valence-corrected chi connectivity index (χ1v) is 15.6. The molecule has 2 aromatic rings. The zero-order chi connectivity index (χ0) is 29.5. The lowest BCUT2D eigenvalue weighted by Gasteiger charge is -2.19. The molecule has 1 heterocycles. The van der Waals surface area contributed by atoms with Gasteiger partial charge in [-0.25, -0.2) is 4.98 Å². The van der Waals surface area contributed by atoms with Crippen LogP contribution in [0, 0.1) is 17.8 Å². The summed E-state index contributed by atoms with van der Waals surface area (Å²) in [5, 5.41) is 17.8. The van der Waals surface area contributed by atoms with Crippen molar-refractivity contribution >= 4 is 11.3 Å². The van der Waals surface area contributed by atoms with Crippen LogP contribution in [0.5, 0.6) is 0 Å². The molecule has 1 unspecified atom stereocenters. The number of allylic oxidation sites excluding steroid dienone is 5. The van der Waals surface area contributed by atoms with Crippen LogP contribution in [-0.4, -0.2) is 47.3 Å². The molecule has 0 saturated carbocycles. The Bertz CT molecular complexity index is 1210. The van der Waals surface area contributed by atoms with E-state index in [2.05, 4.69) is 67.1 Å². The van der Waals surface area contributed by atoms with Crippen molar-refractivity contribution in [1.82, 2.24) is 9.88 Å². The number of hydrogen-bond donors (Lipinski definition) is 2. The summed E-state index contributed by atoms with van der Waals surface area (Å²) < 4.78 is 0. The maximum atomic E-state index is 9.13. The summed E-state index contributed by atoms with van der Waals surface area (Å²) in [5.41, 5.74) is 6.95. The van der Waals surface area contributed by atoms with E-state index in [0.717, 1.165) is 42.8 Å². The number of aliphatic hydroxyl groups is 2. The second kappa shape index (κ2) is 17.9. The van der Waals surface area contributed by atoms with E-state index in [4.69, 9.17) is 15.2 Å². The van der Waals surface area contributed by atoms with Gasteiger partial charge in [0.25, 0.3) is 0 Å². The number of thiazole rings is 1. The molecule has 5 heteroatoms. The van der Waals surface area contributed by atoms with E-state index in [0.29, 0.717) is 17.6 Å². The Balaban J connectivity index is 0.000000364. The van der Waals surface area contributed by atoms with Crippen molar-refractivity contribution in [1.29, 1.82) is 0 Å². The predicted molar refractivity (Wildman–Crippen MR) is 173 cm³/mol. The van der Waals surface area contributed by atoms with Crippen molar-refractivity contribution < 1.29 is 10.2 Å². The lowest BCUT2D eigenvalue weighted by atomic mass is 9.87. The third-order valence-electron chi connectivity index (χ3n) is 6.78. The molecule has 4 rings (SSSR count). The summed E-state index contributed by atoms with van der Waals surface area (Å²) in [6, 6.07) is 6.71. The van der Waals surface area contributed by atoms with Crippen LogP contribution in [0.15, 0.2) is 59.5 Å². The Kier molecular flexibility index (Phi) is 15.0. The quantitative estimate of drug-likeness (QED) is 0.250. The molecular weight excluding hydrogens is 512 g/mol. The Morgan fingerprint density at radius 1 is 1.23 bits per heavy atom. The first-order chi connectivity index (χ1) is 19.2. The lowest BCUT2D eigenvalue weighted by Crippen LogP contribution is -2.13. The highest BCUT2D eigenvalue weighted by molar-refractivity contribution is 7.15. The van der Waals surface area contributed by atoms with Gasteiger partial charge in [0.2, 0.25) is 0 Å². The molecule has 0 aliphatic heterocycles. The highest BCUT2D eigenvalue weighted by atomic mass is 32.1. The van der Waals surface area contributed by atoms with Gasteiger partial charge in [0.1, 0.15) is 5.01 Å². The maximum Gasteiger partial charge on any atom is 0.123 e. The monoisotopic (exact) mass is 562 g/mol. The SMILES string of the molecule is CC#Cc1cc(-c2ncc(C3CC=CC4=C3CCC4)s2)ccc1CC(C)C.CC/C=C(/O)CCN(C)C.CCO. The molecule has 2 aliphatic carbocycles. The van der Waals surface area contributed by atoms with Gasteiger partial charge in [-0.1, -0.05) is 56.5 Å². The Labute approximate surface area is 247 Å². The molecule has 4 nitrogen and oxygen atoms in total. The molecular formula is C35H50N2O2S. The van der Waals surface area contributed by atoms with Crippen LogP contribution >= 0.6 is 11.3 Å². The second-order valence-electron chi connectivity index (χ2n) is 11.0. The molecule has 2 aliphatic rings. The van der Waals surface area contributed by atoms with E-state index >= 15 is 0 Å². The molecule has 1 aromatic carbocycles. The first-order valence-electron chi connectivity index (χ1n) is 14.8. The summed E-state index contributed by atoms with van der Waals surface area (Å²) >= 11 is 1.86. The smallest absolute Gasteiger partial charge is 0.123 e. The molecule has 0 radical (unpaired) electrons. The topological polar surface area (TPSA) is 56.6 Å². The van der Waals surface area contributed by atoms with E-state index in [-0.39, 0.29) is 6.61 Å². The fourth-order valence-electron chi connectivity index (χ4n) is 4.99. The molecule has 2 N–H and O–H groups in total. The minimum atomic E-state index is 0.250. The van der Waals surface area contributed by atoms with Gasteiger partial charge < -0.3 is 15.1 Å². The van der Waals surface area contributed by atoms with E-state index < -0.39 is 0 Å². The standard InChI is InChI=1S/C25H27NS.C8H17NO.C2H6O/c1-4-7-19-15-21(13-12-20(19)14-17(2)3)25-26-16-24(27-25)23-11-6-9-18-8-5-10-22(18)23;1-4-5-8(10)6-7-9(2)3;1-2-3/h6,9,12-13,15-17,23H,5,8,10-11,14H2,1-3H3;5,10H,4,6-7H2,1-3H3;3H,2H2,1H3/b;8-5+;. The number of rotatable bonds is 8. The summed E-state index contributed by atoms with van der Waals surface area (Å²) in [5.74, 6) is 8.07. The number of nitrogens with zero attached hydrogens (tertiary/aromatic N) is 2.